The lowest BCUT2D eigenvalue weighted by Gasteiger charge is -2.18. The summed E-state index contributed by atoms with van der Waals surface area (Å²) in [5.74, 6) is 1.33. The predicted octanol–water partition coefficient (Wildman–Crippen LogP) is 5.09. The Hall–Kier alpha value is -3.02. The summed E-state index contributed by atoms with van der Waals surface area (Å²) in [6.45, 7) is 2.66. The van der Waals surface area contributed by atoms with Gasteiger partial charge in [-0.3, -0.25) is 4.79 Å². The second-order valence-electron chi connectivity index (χ2n) is 8.42. The quantitative estimate of drug-likeness (QED) is 0.415. The van der Waals surface area contributed by atoms with Crippen molar-refractivity contribution >= 4 is 34.1 Å². The van der Waals surface area contributed by atoms with Gasteiger partial charge in [-0.2, -0.15) is 0 Å². The van der Waals surface area contributed by atoms with Crippen molar-refractivity contribution in [2.75, 3.05) is 20.8 Å². The van der Waals surface area contributed by atoms with Crippen molar-refractivity contribution in [3.8, 4) is 22.6 Å². The van der Waals surface area contributed by atoms with Crippen molar-refractivity contribution in [1.82, 2.24) is 4.98 Å². The van der Waals surface area contributed by atoms with Gasteiger partial charge in [-0.25, -0.2) is 0 Å². The van der Waals surface area contributed by atoms with Crippen LogP contribution in [0.15, 0.2) is 53.3 Å². The molecule has 1 aliphatic rings. The molecule has 1 aromatic heterocycles. The molecule has 4 aromatic rings. The van der Waals surface area contributed by atoms with E-state index in [1.54, 1.807) is 14.2 Å². The van der Waals surface area contributed by atoms with Crippen molar-refractivity contribution < 1.29 is 9.47 Å². The summed E-state index contributed by atoms with van der Waals surface area (Å²) in [6, 6.07) is 16.3. The molecule has 1 heterocycles. The lowest BCUT2D eigenvalue weighted by atomic mass is 9.90. The number of nitrogens with one attached hydrogen (secondary N) is 1. The van der Waals surface area contributed by atoms with E-state index < -0.39 is 0 Å². The maximum absolute atomic E-state index is 12.9. The van der Waals surface area contributed by atoms with Crippen LogP contribution < -0.4 is 20.8 Å². The Labute approximate surface area is 193 Å². The standard InChI is InChI=1S/C26H26N2O3.ClH/c1-15-13-20(31-3)21(16-7-9-17(10-8-16)26(14-27)11-12-26)23-18-5-4-6-19(30-2)22(18)25(29)28-24(15)23;/h4-10,13H,11-12,14,27H2,1-3H3,(H,28,29);1H. The Morgan fingerprint density at radius 1 is 1.00 bits per heavy atom. The number of nitrogens with two attached hydrogens (primary N) is 1. The fourth-order valence-electron chi connectivity index (χ4n) is 4.74. The molecule has 0 unspecified atom stereocenters. The second-order valence-corrected chi connectivity index (χ2v) is 8.42. The summed E-state index contributed by atoms with van der Waals surface area (Å²) in [5, 5.41) is 2.35. The highest BCUT2D eigenvalue weighted by atomic mass is 35.5. The minimum atomic E-state index is -0.159. The molecule has 0 spiro atoms. The van der Waals surface area contributed by atoms with Gasteiger partial charge >= 0.3 is 0 Å². The molecule has 0 radical (unpaired) electrons. The van der Waals surface area contributed by atoms with Gasteiger partial charge in [-0.05, 0) is 48.6 Å². The zero-order chi connectivity index (χ0) is 21.8. The van der Waals surface area contributed by atoms with Crippen LogP contribution >= 0.6 is 12.4 Å². The molecular weight excluding hydrogens is 424 g/mol. The molecule has 32 heavy (non-hydrogen) atoms. The van der Waals surface area contributed by atoms with Gasteiger partial charge in [0.1, 0.15) is 11.5 Å². The SMILES string of the molecule is COc1cc(C)c2[nH]c(=O)c3c(OC)cccc3c2c1-c1ccc(C2(CN)CC2)cc1.Cl. The van der Waals surface area contributed by atoms with Crippen LogP contribution in [-0.4, -0.2) is 25.7 Å². The maximum Gasteiger partial charge on any atom is 0.260 e. The summed E-state index contributed by atoms with van der Waals surface area (Å²) in [4.78, 5) is 16.0. The first-order valence-corrected chi connectivity index (χ1v) is 10.5. The van der Waals surface area contributed by atoms with Crippen LogP contribution in [0, 0.1) is 6.92 Å². The number of methoxy groups -OCH3 is 2. The van der Waals surface area contributed by atoms with E-state index in [2.05, 4.69) is 29.2 Å². The Kier molecular flexibility index (Phi) is 5.65. The Bertz CT molecular complexity index is 1370. The average Bonchev–Trinajstić information content (AvgIpc) is 3.60. The highest BCUT2D eigenvalue weighted by molar-refractivity contribution is 6.16. The number of fused-ring (bicyclic) bond motifs is 3. The van der Waals surface area contributed by atoms with Crippen LogP contribution in [0.1, 0.15) is 24.0 Å². The number of rotatable bonds is 5. The molecule has 3 N–H and O–H groups in total. The summed E-state index contributed by atoms with van der Waals surface area (Å²) < 4.78 is 11.3. The summed E-state index contributed by atoms with van der Waals surface area (Å²) in [6.07, 6.45) is 2.29. The molecule has 0 aliphatic heterocycles. The molecule has 6 heteroatoms. The average molecular weight is 451 g/mol. The lowest BCUT2D eigenvalue weighted by molar-refractivity contribution is 0.416. The topological polar surface area (TPSA) is 77.3 Å². The normalized spacial score (nSPS) is 14.2. The summed E-state index contributed by atoms with van der Waals surface area (Å²) in [7, 11) is 3.26. The summed E-state index contributed by atoms with van der Waals surface area (Å²) >= 11 is 0. The molecule has 3 aromatic carbocycles. The molecule has 1 fully saturated rings. The number of pyridine rings is 1. The maximum atomic E-state index is 12.9. The smallest absolute Gasteiger partial charge is 0.260 e. The molecule has 1 aliphatic carbocycles. The molecular formula is C26H27ClN2O3. The predicted molar refractivity (Wildman–Crippen MR) is 133 cm³/mol. The van der Waals surface area contributed by atoms with E-state index in [0.717, 1.165) is 51.6 Å². The van der Waals surface area contributed by atoms with E-state index in [1.807, 2.05) is 31.2 Å². The van der Waals surface area contributed by atoms with Crippen LogP contribution in [0.5, 0.6) is 11.5 Å². The Morgan fingerprint density at radius 2 is 1.69 bits per heavy atom. The van der Waals surface area contributed by atoms with Gasteiger partial charge < -0.3 is 20.2 Å². The van der Waals surface area contributed by atoms with Crippen molar-refractivity contribution in [2.24, 2.45) is 5.73 Å². The molecule has 0 atom stereocenters. The highest BCUT2D eigenvalue weighted by Crippen LogP contribution is 2.48. The molecule has 0 amide bonds. The first-order valence-electron chi connectivity index (χ1n) is 10.5. The van der Waals surface area contributed by atoms with E-state index in [0.29, 0.717) is 17.7 Å². The van der Waals surface area contributed by atoms with Crippen LogP contribution in [0.25, 0.3) is 32.8 Å². The minimum absolute atomic E-state index is 0. The molecule has 0 saturated heterocycles. The van der Waals surface area contributed by atoms with Gasteiger partial charge in [0.25, 0.3) is 5.56 Å². The number of hydrogen-bond donors (Lipinski definition) is 2. The lowest BCUT2D eigenvalue weighted by Crippen LogP contribution is -2.19. The summed E-state index contributed by atoms with van der Waals surface area (Å²) in [5.41, 5.74) is 11.1. The van der Waals surface area contributed by atoms with Gasteiger partial charge in [0.05, 0.1) is 25.1 Å². The first kappa shape index (κ1) is 22.2. The first-order chi connectivity index (χ1) is 15.0. The molecule has 0 bridgehead atoms. The van der Waals surface area contributed by atoms with Crippen molar-refractivity contribution in [3.63, 3.8) is 0 Å². The fraction of sp³-hybridized carbons (Fsp3) is 0.269. The zero-order valence-corrected chi connectivity index (χ0v) is 19.3. The highest BCUT2D eigenvalue weighted by Gasteiger charge is 2.42. The number of ether oxygens (including phenoxy) is 2. The minimum Gasteiger partial charge on any atom is -0.496 e. The van der Waals surface area contributed by atoms with E-state index in [9.17, 15) is 4.79 Å². The van der Waals surface area contributed by atoms with E-state index >= 15 is 0 Å². The van der Waals surface area contributed by atoms with Gasteiger partial charge in [-0.15, -0.1) is 12.4 Å². The van der Waals surface area contributed by atoms with Crippen LogP contribution in [0.2, 0.25) is 0 Å². The number of halogens is 1. The monoisotopic (exact) mass is 450 g/mol. The molecule has 5 rings (SSSR count). The number of benzene rings is 3. The molecule has 5 nitrogen and oxygen atoms in total. The van der Waals surface area contributed by atoms with Crippen molar-refractivity contribution in [2.45, 2.75) is 25.2 Å². The van der Waals surface area contributed by atoms with Crippen LogP contribution in [0.3, 0.4) is 0 Å². The van der Waals surface area contributed by atoms with Gasteiger partial charge in [0.15, 0.2) is 0 Å². The zero-order valence-electron chi connectivity index (χ0n) is 18.5. The van der Waals surface area contributed by atoms with Crippen LogP contribution in [-0.2, 0) is 5.41 Å². The third-order valence-corrected chi connectivity index (χ3v) is 6.72. The number of H-pyrrole nitrogens is 1. The number of aromatic nitrogens is 1. The van der Waals surface area contributed by atoms with Crippen molar-refractivity contribution in [1.29, 1.82) is 0 Å². The molecule has 166 valence electrons. The fourth-order valence-corrected chi connectivity index (χ4v) is 4.74. The Morgan fingerprint density at radius 3 is 2.28 bits per heavy atom. The van der Waals surface area contributed by atoms with E-state index in [4.69, 9.17) is 15.2 Å². The van der Waals surface area contributed by atoms with Crippen molar-refractivity contribution in [3.05, 3.63) is 70.0 Å². The Balaban J connectivity index is 0.00000245. The second kappa shape index (κ2) is 8.15. The van der Waals surface area contributed by atoms with Gasteiger partial charge in [-0.1, -0.05) is 36.4 Å². The van der Waals surface area contributed by atoms with E-state index in [-0.39, 0.29) is 23.4 Å². The largest absolute Gasteiger partial charge is 0.496 e. The van der Waals surface area contributed by atoms with Gasteiger partial charge in [0.2, 0.25) is 0 Å². The number of aryl methyl sites for hydroxylation is 1. The van der Waals surface area contributed by atoms with E-state index in [1.165, 1.54) is 5.56 Å². The third kappa shape index (κ3) is 3.24. The number of aromatic amines is 1. The third-order valence-electron chi connectivity index (χ3n) is 6.72. The number of hydrogen-bond acceptors (Lipinski definition) is 4. The van der Waals surface area contributed by atoms with Gasteiger partial charge in [0, 0.05) is 28.3 Å². The molecule has 1 saturated carbocycles. The van der Waals surface area contributed by atoms with Crippen LogP contribution in [0.4, 0.5) is 0 Å².